The lowest BCUT2D eigenvalue weighted by Gasteiger charge is -2.36. The van der Waals surface area contributed by atoms with Gasteiger partial charge in [0.15, 0.2) is 0 Å². The van der Waals surface area contributed by atoms with E-state index in [1.165, 1.54) is 0 Å². The summed E-state index contributed by atoms with van der Waals surface area (Å²) in [6.07, 6.45) is 3.74. The van der Waals surface area contributed by atoms with Gasteiger partial charge in [-0.15, -0.1) is 0 Å². The van der Waals surface area contributed by atoms with Crippen LogP contribution < -0.4 is 10.2 Å². The van der Waals surface area contributed by atoms with E-state index in [9.17, 15) is 9.59 Å². The highest BCUT2D eigenvalue weighted by atomic mass is 35.5. The van der Waals surface area contributed by atoms with Crippen molar-refractivity contribution in [3.63, 3.8) is 0 Å². The van der Waals surface area contributed by atoms with Crippen LogP contribution in [-0.2, 0) is 4.79 Å². The summed E-state index contributed by atoms with van der Waals surface area (Å²) in [6.45, 7) is 2.80. The lowest BCUT2D eigenvalue weighted by molar-refractivity contribution is -0.132. The normalized spacial score (nSPS) is 14.7. The van der Waals surface area contributed by atoms with Gasteiger partial charge in [-0.1, -0.05) is 54.1 Å². The number of halogens is 1. The summed E-state index contributed by atoms with van der Waals surface area (Å²) in [6, 6.07) is 20.0. The zero-order valence-electron chi connectivity index (χ0n) is 17.7. The first kappa shape index (κ1) is 21.8. The number of piperazine rings is 1. The van der Waals surface area contributed by atoms with Crippen molar-refractivity contribution in [2.45, 2.75) is 12.5 Å². The summed E-state index contributed by atoms with van der Waals surface area (Å²) in [5.41, 5.74) is 2.39. The maximum atomic E-state index is 13.1. The van der Waals surface area contributed by atoms with Crippen LogP contribution in [0.15, 0.2) is 79.1 Å². The lowest BCUT2D eigenvalue weighted by Crippen LogP contribution is -2.49. The highest BCUT2D eigenvalue weighted by Crippen LogP contribution is 2.22. The van der Waals surface area contributed by atoms with E-state index in [-0.39, 0.29) is 18.2 Å². The summed E-state index contributed by atoms with van der Waals surface area (Å²) < 4.78 is 0. The van der Waals surface area contributed by atoms with Gasteiger partial charge in [-0.2, -0.15) is 0 Å². The van der Waals surface area contributed by atoms with E-state index < -0.39 is 6.04 Å². The van der Waals surface area contributed by atoms with E-state index in [1.54, 1.807) is 36.7 Å². The van der Waals surface area contributed by atoms with Crippen LogP contribution in [-0.4, -0.2) is 47.9 Å². The van der Waals surface area contributed by atoms with E-state index >= 15 is 0 Å². The number of nitrogens with zero attached hydrogens (tertiary/aromatic N) is 3. The summed E-state index contributed by atoms with van der Waals surface area (Å²) >= 11 is 6.20. The minimum atomic E-state index is -0.439. The van der Waals surface area contributed by atoms with E-state index in [2.05, 4.69) is 15.2 Å². The molecule has 2 amide bonds. The molecule has 1 N–H and O–H groups in total. The number of aromatic nitrogens is 1. The molecule has 6 nitrogen and oxygen atoms in total. The van der Waals surface area contributed by atoms with Crippen LogP contribution >= 0.6 is 11.6 Å². The van der Waals surface area contributed by atoms with Gasteiger partial charge < -0.3 is 15.1 Å². The SMILES string of the molecule is O=C(NC(CC(=O)N1CCN(c2ccncc2)CC1)c1ccccc1)c1ccccc1Cl. The maximum absolute atomic E-state index is 13.1. The first-order valence-electron chi connectivity index (χ1n) is 10.6. The number of anilines is 1. The van der Waals surface area contributed by atoms with Crippen LogP contribution in [0.25, 0.3) is 0 Å². The fraction of sp³-hybridized carbons (Fsp3) is 0.240. The molecule has 0 aliphatic carbocycles. The zero-order chi connectivity index (χ0) is 22.3. The molecule has 1 atom stereocenters. The second kappa shape index (κ2) is 10.3. The number of rotatable bonds is 6. The molecule has 1 saturated heterocycles. The van der Waals surface area contributed by atoms with Crippen LogP contribution in [0.2, 0.25) is 5.02 Å². The van der Waals surface area contributed by atoms with Crippen LogP contribution in [0, 0.1) is 0 Å². The monoisotopic (exact) mass is 448 g/mol. The van der Waals surface area contributed by atoms with E-state index in [4.69, 9.17) is 11.6 Å². The molecule has 7 heteroatoms. The number of amides is 2. The first-order chi connectivity index (χ1) is 15.6. The molecule has 1 aliphatic rings. The summed E-state index contributed by atoms with van der Waals surface area (Å²) in [7, 11) is 0. The lowest BCUT2D eigenvalue weighted by atomic mass is 10.0. The Labute approximate surface area is 192 Å². The van der Waals surface area contributed by atoms with Crippen molar-refractivity contribution >= 4 is 29.1 Å². The van der Waals surface area contributed by atoms with Gasteiger partial charge in [0.25, 0.3) is 5.91 Å². The third kappa shape index (κ3) is 5.26. The van der Waals surface area contributed by atoms with Crippen LogP contribution in [0.3, 0.4) is 0 Å². The summed E-state index contributed by atoms with van der Waals surface area (Å²) in [5.74, 6) is -0.271. The Morgan fingerprint density at radius 1 is 0.906 bits per heavy atom. The quantitative estimate of drug-likeness (QED) is 0.620. The molecule has 0 radical (unpaired) electrons. The Kier molecular flexibility index (Phi) is 7.02. The predicted octanol–water partition coefficient (Wildman–Crippen LogP) is 3.95. The third-order valence-corrected chi connectivity index (χ3v) is 5.99. The summed E-state index contributed by atoms with van der Waals surface area (Å²) in [4.78, 5) is 34.2. The topological polar surface area (TPSA) is 65.5 Å². The van der Waals surface area contributed by atoms with Crippen LogP contribution in [0.1, 0.15) is 28.4 Å². The Hall–Kier alpha value is -3.38. The van der Waals surface area contributed by atoms with Gasteiger partial charge in [-0.3, -0.25) is 14.6 Å². The van der Waals surface area contributed by atoms with E-state index in [0.717, 1.165) is 24.3 Å². The fourth-order valence-corrected chi connectivity index (χ4v) is 4.11. The molecule has 164 valence electrons. The third-order valence-electron chi connectivity index (χ3n) is 5.66. The van der Waals surface area contributed by atoms with Gasteiger partial charge in [0.1, 0.15) is 0 Å². The molecule has 1 aliphatic heterocycles. The number of benzene rings is 2. The van der Waals surface area contributed by atoms with Crippen molar-refractivity contribution in [1.82, 2.24) is 15.2 Å². The number of carbonyl (C=O) groups excluding carboxylic acids is 2. The molecule has 0 saturated carbocycles. The minimum Gasteiger partial charge on any atom is -0.368 e. The standard InChI is InChI=1S/C25H25ClN4O2/c26-22-9-5-4-8-21(22)25(32)28-23(19-6-2-1-3-7-19)18-24(31)30-16-14-29(15-17-30)20-10-12-27-13-11-20/h1-13,23H,14-18H2,(H,28,32). The molecule has 2 heterocycles. The Morgan fingerprint density at radius 2 is 1.56 bits per heavy atom. The van der Waals surface area contributed by atoms with Gasteiger partial charge in [0.05, 0.1) is 23.0 Å². The van der Waals surface area contributed by atoms with E-state index in [0.29, 0.717) is 23.7 Å². The molecular weight excluding hydrogens is 424 g/mol. The van der Waals surface area contributed by atoms with Crippen molar-refractivity contribution in [1.29, 1.82) is 0 Å². The van der Waals surface area contributed by atoms with Gasteiger partial charge in [0.2, 0.25) is 5.91 Å². The zero-order valence-corrected chi connectivity index (χ0v) is 18.4. The van der Waals surface area contributed by atoms with Crippen molar-refractivity contribution < 1.29 is 9.59 Å². The average Bonchev–Trinajstić information content (AvgIpc) is 2.85. The van der Waals surface area contributed by atoms with Gasteiger partial charge in [0, 0.05) is 44.3 Å². The molecule has 0 spiro atoms. The minimum absolute atomic E-state index is 0.0210. The second-order valence-electron chi connectivity index (χ2n) is 7.69. The van der Waals surface area contributed by atoms with Gasteiger partial charge in [-0.05, 0) is 29.8 Å². The largest absolute Gasteiger partial charge is 0.368 e. The maximum Gasteiger partial charge on any atom is 0.253 e. The molecule has 4 rings (SSSR count). The predicted molar refractivity (Wildman–Crippen MR) is 126 cm³/mol. The summed E-state index contributed by atoms with van der Waals surface area (Å²) in [5, 5.41) is 3.39. The molecule has 1 aromatic heterocycles. The Morgan fingerprint density at radius 3 is 2.25 bits per heavy atom. The molecule has 1 fully saturated rings. The van der Waals surface area contributed by atoms with Crippen LogP contribution in [0.4, 0.5) is 5.69 Å². The van der Waals surface area contributed by atoms with Gasteiger partial charge >= 0.3 is 0 Å². The molecule has 1 unspecified atom stereocenters. The Bertz CT molecular complexity index is 1050. The van der Waals surface area contributed by atoms with Crippen LogP contribution in [0.5, 0.6) is 0 Å². The molecule has 3 aromatic rings. The molecule has 32 heavy (non-hydrogen) atoms. The molecule has 0 bridgehead atoms. The second-order valence-corrected chi connectivity index (χ2v) is 8.10. The Balaban J connectivity index is 1.43. The smallest absolute Gasteiger partial charge is 0.253 e. The van der Waals surface area contributed by atoms with Crippen molar-refractivity contribution in [3.05, 3.63) is 95.3 Å². The van der Waals surface area contributed by atoms with Crippen molar-refractivity contribution in [3.8, 4) is 0 Å². The number of hydrogen-bond donors (Lipinski definition) is 1. The highest BCUT2D eigenvalue weighted by molar-refractivity contribution is 6.33. The van der Waals surface area contributed by atoms with Crippen molar-refractivity contribution in [2.24, 2.45) is 0 Å². The number of carbonyl (C=O) groups is 2. The molecular formula is C25H25ClN4O2. The molecule has 2 aromatic carbocycles. The number of nitrogens with one attached hydrogen (secondary N) is 1. The highest BCUT2D eigenvalue weighted by Gasteiger charge is 2.26. The average molecular weight is 449 g/mol. The number of pyridine rings is 1. The van der Waals surface area contributed by atoms with Crippen molar-refractivity contribution in [2.75, 3.05) is 31.1 Å². The first-order valence-corrected chi connectivity index (χ1v) is 11.0. The van der Waals surface area contributed by atoms with E-state index in [1.807, 2.05) is 47.4 Å². The fourth-order valence-electron chi connectivity index (χ4n) is 3.89. The number of hydrogen-bond acceptors (Lipinski definition) is 4. The van der Waals surface area contributed by atoms with Gasteiger partial charge in [-0.25, -0.2) is 0 Å².